The van der Waals surface area contributed by atoms with Gasteiger partial charge in [0.15, 0.2) is 0 Å². The van der Waals surface area contributed by atoms with E-state index in [-0.39, 0.29) is 12.4 Å². The van der Waals surface area contributed by atoms with E-state index in [1.165, 1.54) is 30.7 Å². The summed E-state index contributed by atoms with van der Waals surface area (Å²) in [6.07, 6.45) is 10.2. The first-order valence-corrected chi connectivity index (χ1v) is 10.5. The van der Waals surface area contributed by atoms with Crippen LogP contribution in [0.5, 0.6) is 0 Å². The van der Waals surface area contributed by atoms with Gasteiger partial charge in [-0.3, -0.25) is 9.58 Å². The second kappa shape index (κ2) is 8.56. The molecule has 2 aromatic heterocycles. The monoisotopic (exact) mass is 406 g/mol. The fourth-order valence-corrected chi connectivity index (χ4v) is 4.70. The lowest BCUT2D eigenvalue weighted by Gasteiger charge is -2.29. The Morgan fingerprint density at radius 2 is 2.04 bits per heavy atom. The molecule has 1 saturated heterocycles. The fraction of sp³-hybridized carbons (Fsp3) is 0.714. The molecule has 2 fully saturated rings. The number of aromatic nitrogens is 4. The topological polar surface area (TPSA) is 50.9 Å². The van der Waals surface area contributed by atoms with Gasteiger partial charge in [0.1, 0.15) is 5.82 Å². The standard InChI is InChI=1S/C21H34N6.ClH/c1-5-25-11-10-23-20(25)15-26(19-12-21(19)6-8-22-9-7-21)13-18-14-27(16(2)3)24-17(18)4;/h10-11,14,16,19,22H,5-9,12-13,15H2,1-4H3;1H. The average Bonchev–Trinajstić information content (AvgIpc) is 3.00. The number of hydrogen-bond acceptors (Lipinski definition) is 4. The first-order valence-electron chi connectivity index (χ1n) is 10.5. The minimum absolute atomic E-state index is 0. The van der Waals surface area contributed by atoms with Gasteiger partial charge in [-0.2, -0.15) is 5.10 Å². The van der Waals surface area contributed by atoms with Crippen molar-refractivity contribution in [1.29, 1.82) is 0 Å². The molecule has 3 heterocycles. The highest BCUT2D eigenvalue weighted by atomic mass is 35.5. The number of rotatable bonds is 7. The average molecular weight is 407 g/mol. The molecule has 6 nitrogen and oxygen atoms in total. The molecule has 0 aromatic carbocycles. The molecule has 1 spiro atoms. The molecule has 1 N–H and O–H groups in total. The van der Waals surface area contributed by atoms with Gasteiger partial charge in [0.05, 0.1) is 12.2 Å². The lowest BCUT2D eigenvalue weighted by molar-refractivity contribution is 0.182. The first-order chi connectivity index (χ1) is 13.0. The van der Waals surface area contributed by atoms with Crippen molar-refractivity contribution in [3.63, 3.8) is 0 Å². The van der Waals surface area contributed by atoms with Crippen LogP contribution in [0.3, 0.4) is 0 Å². The van der Waals surface area contributed by atoms with Crippen LogP contribution in [0.2, 0.25) is 0 Å². The number of piperidine rings is 1. The lowest BCUT2D eigenvalue weighted by atomic mass is 9.93. The third-order valence-electron chi connectivity index (χ3n) is 6.59. The number of halogens is 1. The van der Waals surface area contributed by atoms with E-state index in [0.29, 0.717) is 17.5 Å². The predicted molar refractivity (Wildman–Crippen MR) is 115 cm³/mol. The van der Waals surface area contributed by atoms with Gasteiger partial charge in [0.2, 0.25) is 0 Å². The summed E-state index contributed by atoms with van der Waals surface area (Å²) in [4.78, 5) is 7.33. The van der Waals surface area contributed by atoms with E-state index in [0.717, 1.165) is 38.4 Å². The first kappa shape index (κ1) is 21.3. The molecule has 4 rings (SSSR count). The minimum atomic E-state index is 0. The van der Waals surface area contributed by atoms with Gasteiger partial charge in [-0.05, 0) is 65.5 Å². The maximum Gasteiger partial charge on any atom is 0.122 e. The normalized spacial score (nSPS) is 20.7. The molecule has 2 aromatic rings. The smallest absolute Gasteiger partial charge is 0.122 e. The zero-order valence-electron chi connectivity index (χ0n) is 17.7. The van der Waals surface area contributed by atoms with Crippen LogP contribution in [0.1, 0.15) is 63.2 Å². The summed E-state index contributed by atoms with van der Waals surface area (Å²) in [5.74, 6) is 1.18. The van der Waals surface area contributed by atoms with Crippen LogP contribution in [0, 0.1) is 12.3 Å². The van der Waals surface area contributed by atoms with Gasteiger partial charge in [-0.25, -0.2) is 4.98 Å². The molecule has 1 aliphatic carbocycles. The molecular formula is C21H35ClN6. The summed E-state index contributed by atoms with van der Waals surface area (Å²) < 4.78 is 4.37. The van der Waals surface area contributed by atoms with Crippen molar-refractivity contribution >= 4 is 12.4 Å². The molecule has 2 aliphatic rings. The maximum atomic E-state index is 4.74. The zero-order valence-corrected chi connectivity index (χ0v) is 18.5. The Kier molecular flexibility index (Phi) is 6.52. The molecule has 1 unspecified atom stereocenters. The van der Waals surface area contributed by atoms with Gasteiger partial charge in [-0.1, -0.05) is 0 Å². The highest BCUT2D eigenvalue weighted by molar-refractivity contribution is 5.85. The summed E-state index contributed by atoms with van der Waals surface area (Å²) in [6, 6.07) is 1.07. The Morgan fingerprint density at radius 1 is 1.29 bits per heavy atom. The van der Waals surface area contributed by atoms with Gasteiger partial charge in [-0.15, -0.1) is 12.4 Å². The second-order valence-corrected chi connectivity index (χ2v) is 8.68. The Labute approximate surface area is 175 Å². The van der Waals surface area contributed by atoms with Crippen LogP contribution in [-0.4, -0.2) is 43.4 Å². The molecule has 1 aliphatic heterocycles. The van der Waals surface area contributed by atoms with Crippen LogP contribution >= 0.6 is 12.4 Å². The van der Waals surface area contributed by atoms with Crippen LogP contribution in [0.15, 0.2) is 18.6 Å². The molecular weight excluding hydrogens is 372 g/mol. The third kappa shape index (κ3) is 4.14. The number of nitrogens with one attached hydrogen (secondary N) is 1. The summed E-state index contributed by atoms with van der Waals surface area (Å²) >= 11 is 0. The van der Waals surface area contributed by atoms with E-state index in [4.69, 9.17) is 5.10 Å². The number of aryl methyl sites for hydroxylation is 2. The summed E-state index contributed by atoms with van der Waals surface area (Å²) in [5, 5.41) is 8.27. The Hall–Kier alpha value is -1.37. The molecule has 1 saturated carbocycles. The van der Waals surface area contributed by atoms with Crippen molar-refractivity contribution in [1.82, 2.24) is 29.5 Å². The van der Waals surface area contributed by atoms with Gasteiger partial charge in [0.25, 0.3) is 0 Å². The van der Waals surface area contributed by atoms with Gasteiger partial charge in [0, 0.05) is 49.3 Å². The van der Waals surface area contributed by atoms with E-state index >= 15 is 0 Å². The highest BCUT2D eigenvalue weighted by Crippen LogP contribution is 2.56. The number of hydrogen-bond donors (Lipinski definition) is 1. The lowest BCUT2D eigenvalue weighted by Crippen LogP contribution is -2.36. The number of imidazole rings is 1. The van der Waals surface area contributed by atoms with E-state index < -0.39 is 0 Å². The van der Waals surface area contributed by atoms with Crippen LogP contribution < -0.4 is 5.32 Å². The Bertz CT molecular complexity index is 774. The minimum Gasteiger partial charge on any atom is -0.334 e. The van der Waals surface area contributed by atoms with Crippen LogP contribution in [0.4, 0.5) is 0 Å². The Balaban J connectivity index is 0.00000225. The largest absolute Gasteiger partial charge is 0.334 e. The molecule has 7 heteroatoms. The van der Waals surface area contributed by atoms with E-state index in [1.807, 2.05) is 6.20 Å². The van der Waals surface area contributed by atoms with Gasteiger partial charge < -0.3 is 9.88 Å². The third-order valence-corrected chi connectivity index (χ3v) is 6.59. The summed E-state index contributed by atoms with van der Waals surface area (Å²) in [7, 11) is 0. The molecule has 0 bridgehead atoms. The second-order valence-electron chi connectivity index (χ2n) is 8.68. The maximum absolute atomic E-state index is 4.74. The van der Waals surface area contributed by atoms with Crippen LogP contribution in [0.25, 0.3) is 0 Å². The molecule has 0 amide bonds. The Morgan fingerprint density at radius 3 is 2.68 bits per heavy atom. The summed E-state index contributed by atoms with van der Waals surface area (Å²) in [6.45, 7) is 13.9. The van der Waals surface area contributed by atoms with Crippen molar-refractivity contribution < 1.29 is 0 Å². The molecule has 1 atom stereocenters. The van der Waals surface area contributed by atoms with Crippen molar-refractivity contribution in [3.8, 4) is 0 Å². The van der Waals surface area contributed by atoms with Crippen molar-refractivity contribution in [3.05, 3.63) is 35.7 Å². The SMILES string of the molecule is CCn1ccnc1CN(Cc1cn(C(C)C)nc1C)C1CC12CCNCC2.Cl. The highest BCUT2D eigenvalue weighted by Gasteiger charge is 2.56. The zero-order chi connectivity index (χ0) is 19.0. The van der Waals surface area contributed by atoms with E-state index in [1.54, 1.807) is 0 Å². The van der Waals surface area contributed by atoms with Gasteiger partial charge >= 0.3 is 0 Å². The predicted octanol–water partition coefficient (Wildman–Crippen LogP) is 3.55. The fourth-order valence-electron chi connectivity index (χ4n) is 4.70. The summed E-state index contributed by atoms with van der Waals surface area (Å²) in [5.41, 5.74) is 3.04. The van der Waals surface area contributed by atoms with E-state index in [9.17, 15) is 0 Å². The van der Waals surface area contributed by atoms with Crippen molar-refractivity contribution in [2.75, 3.05) is 13.1 Å². The van der Waals surface area contributed by atoms with Crippen molar-refractivity contribution in [2.45, 2.75) is 78.7 Å². The quantitative estimate of drug-likeness (QED) is 0.763. The van der Waals surface area contributed by atoms with Crippen LogP contribution in [-0.2, 0) is 19.6 Å². The van der Waals surface area contributed by atoms with Crippen molar-refractivity contribution in [2.24, 2.45) is 5.41 Å². The molecule has 0 radical (unpaired) electrons. The number of nitrogens with zero attached hydrogens (tertiary/aromatic N) is 5. The molecule has 156 valence electrons. The molecule has 28 heavy (non-hydrogen) atoms. The van der Waals surface area contributed by atoms with E-state index in [2.05, 4.69) is 64.5 Å².